The number of methoxy groups -OCH3 is 1. The number of primary amides is 1. The number of nitrogens with zero attached hydrogens (tertiary/aromatic N) is 1. The number of aliphatic hydroxyl groups excluding tert-OH is 1. The lowest BCUT2D eigenvalue weighted by molar-refractivity contribution is -0.759. The predicted molar refractivity (Wildman–Crippen MR) is 81.9 cm³/mol. The fourth-order valence-electron chi connectivity index (χ4n) is 2.42. The summed E-state index contributed by atoms with van der Waals surface area (Å²) in [5.74, 6) is -1.64. The van der Waals surface area contributed by atoms with E-state index in [1.807, 2.05) is 0 Å². The minimum Gasteiger partial charge on any atom is -0.469 e. The Balaban J connectivity index is 1.86. The molecule has 0 aliphatic carbocycles. The number of hydrogen-bond acceptors (Lipinski definition) is 7. The lowest BCUT2D eigenvalue weighted by Crippen LogP contribution is -2.40. The molecule has 1 aliphatic rings. The van der Waals surface area contributed by atoms with E-state index in [2.05, 4.69) is 4.74 Å². The summed E-state index contributed by atoms with van der Waals surface area (Å²) < 4.78 is 16.8. The summed E-state index contributed by atoms with van der Waals surface area (Å²) in [6.45, 7) is -0.131. The van der Waals surface area contributed by atoms with Crippen LogP contribution >= 0.6 is 0 Å². The summed E-state index contributed by atoms with van der Waals surface area (Å²) >= 11 is 0. The van der Waals surface area contributed by atoms with Gasteiger partial charge in [-0.15, -0.1) is 0 Å². The molecular weight excluding hydrogens is 332 g/mol. The van der Waals surface area contributed by atoms with Crippen molar-refractivity contribution < 1.29 is 38.3 Å². The molecule has 9 nitrogen and oxygen atoms in total. The third kappa shape index (κ3) is 5.23. The first-order valence-corrected chi connectivity index (χ1v) is 7.77. The van der Waals surface area contributed by atoms with Gasteiger partial charge in [-0.1, -0.05) is 0 Å². The highest BCUT2D eigenvalue weighted by Crippen LogP contribution is 2.25. The van der Waals surface area contributed by atoms with Crippen LogP contribution in [0.3, 0.4) is 0 Å². The summed E-state index contributed by atoms with van der Waals surface area (Å²) in [6.07, 6.45) is 1.29. The molecule has 2 heterocycles. The van der Waals surface area contributed by atoms with Crippen LogP contribution in [0, 0.1) is 0 Å². The number of aromatic nitrogens is 1. The quantitative estimate of drug-likeness (QED) is 0.486. The molecular formula is C16H21N2O7+. The number of ether oxygens (including phenoxy) is 3. The highest BCUT2D eigenvalue weighted by molar-refractivity contribution is 5.92. The summed E-state index contributed by atoms with van der Waals surface area (Å²) in [4.78, 5) is 33.8. The van der Waals surface area contributed by atoms with E-state index < -0.39 is 36.3 Å². The molecule has 0 saturated carbocycles. The first-order valence-electron chi connectivity index (χ1n) is 7.77. The normalized spacial score (nSPS) is 22.4. The van der Waals surface area contributed by atoms with E-state index in [9.17, 15) is 19.5 Å². The molecule has 1 fully saturated rings. The fourth-order valence-corrected chi connectivity index (χ4v) is 2.42. The molecule has 3 atom stereocenters. The summed E-state index contributed by atoms with van der Waals surface area (Å²) in [5, 5.41) is 10.1. The van der Waals surface area contributed by atoms with Crippen molar-refractivity contribution in [3.8, 4) is 0 Å². The minimum absolute atomic E-state index is 0.0677. The predicted octanol–water partition coefficient (Wildman–Crippen LogP) is -0.782. The molecule has 1 amide bonds. The number of nitrogens with two attached hydrogens (primary N) is 1. The number of rotatable bonds is 7. The molecule has 0 unspecified atom stereocenters. The Morgan fingerprint density at radius 2 is 2.08 bits per heavy atom. The monoisotopic (exact) mass is 353 g/mol. The van der Waals surface area contributed by atoms with Crippen molar-refractivity contribution in [3.05, 3.63) is 30.1 Å². The number of carbonyl (C=O) groups excluding carboxylic acids is 3. The lowest BCUT2D eigenvalue weighted by Gasteiger charge is -2.13. The van der Waals surface area contributed by atoms with Crippen molar-refractivity contribution in [1.82, 2.24) is 0 Å². The Bertz CT molecular complexity index is 649. The van der Waals surface area contributed by atoms with E-state index in [-0.39, 0.29) is 25.9 Å². The summed E-state index contributed by atoms with van der Waals surface area (Å²) in [5.41, 5.74) is 5.56. The molecule has 0 aromatic carbocycles. The molecule has 0 spiro atoms. The number of hydrogen-bond donors (Lipinski definition) is 2. The summed E-state index contributed by atoms with van der Waals surface area (Å²) in [7, 11) is 1.24. The molecule has 0 radical (unpaired) electrons. The Hall–Kier alpha value is -2.52. The van der Waals surface area contributed by atoms with Crippen LogP contribution < -0.4 is 10.3 Å². The van der Waals surface area contributed by atoms with Gasteiger partial charge in [0.15, 0.2) is 12.4 Å². The molecule has 136 valence electrons. The largest absolute Gasteiger partial charge is 0.469 e. The first kappa shape index (κ1) is 18.8. The Morgan fingerprint density at radius 1 is 1.36 bits per heavy atom. The average Bonchev–Trinajstić information content (AvgIpc) is 2.98. The highest BCUT2D eigenvalue weighted by Gasteiger charge is 2.40. The van der Waals surface area contributed by atoms with Crippen LogP contribution in [0.2, 0.25) is 0 Å². The van der Waals surface area contributed by atoms with E-state index in [4.69, 9.17) is 15.2 Å². The van der Waals surface area contributed by atoms with Gasteiger partial charge in [-0.25, -0.2) is 0 Å². The molecule has 3 N–H and O–H groups in total. The maximum atomic E-state index is 11.6. The van der Waals surface area contributed by atoms with Crippen molar-refractivity contribution in [1.29, 1.82) is 0 Å². The van der Waals surface area contributed by atoms with Crippen molar-refractivity contribution >= 4 is 17.8 Å². The van der Waals surface area contributed by atoms with Gasteiger partial charge in [0.05, 0.1) is 32.5 Å². The maximum Gasteiger partial charge on any atom is 0.306 e. The number of esters is 2. The Kier molecular flexibility index (Phi) is 6.43. The Morgan fingerprint density at radius 3 is 2.76 bits per heavy atom. The average molecular weight is 353 g/mol. The Labute approximate surface area is 144 Å². The van der Waals surface area contributed by atoms with Gasteiger partial charge in [0.1, 0.15) is 18.3 Å². The van der Waals surface area contributed by atoms with Gasteiger partial charge in [0.2, 0.25) is 0 Å². The van der Waals surface area contributed by atoms with E-state index in [0.29, 0.717) is 5.56 Å². The third-order valence-corrected chi connectivity index (χ3v) is 3.81. The number of pyridine rings is 1. The van der Waals surface area contributed by atoms with Crippen LogP contribution in [0.25, 0.3) is 0 Å². The summed E-state index contributed by atoms with van der Waals surface area (Å²) in [6, 6.07) is 3.22. The molecule has 9 heteroatoms. The molecule has 1 aromatic rings. The molecule has 1 aromatic heterocycles. The van der Waals surface area contributed by atoms with E-state index in [1.54, 1.807) is 22.9 Å². The first-order chi connectivity index (χ1) is 11.9. The standard InChI is InChI=1S/C16H20N2O7/c1-23-14(20)4-5-15(21)24-9-12-11(19)7-13(25-12)18-6-2-3-10(8-18)16(17)22/h2-3,6,8,11-13,19H,4-5,7,9H2,1H3,(H-,17,22)/p+1/t11-,12+,13+/m0/s1. The van der Waals surface area contributed by atoms with Crippen LogP contribution in [-0.4, -0.2) is 48.9 Å². The molecule has 2 rings (SSSR count). The van der Waals surface area contributed by atoms with Gasteiger partial charge >= 0.3 is 11.9 Å². The van der Waals surface area contributed by atoms with Crippen LogP contribution in [0.5, 0.6) is 0 Å². The van der Waals surface area contributed by atoms with Gasteiger partial charge in [-0.2, -0.15) is 4.57 Å². The zero-order valence-corrected chi connectivity index (χ0v) is 13.8. The zero-order valence-electron chi connectivity index (χ0n) is 13.8. The van der Waals surface area contributed by atoms with E-state index in [1.165, 1.54) is 13.3 Å². The maximum absolute atomic E-state index is 11.6. The number of carbonyl (C=O) groups is 3. The minimum atomic E-state index is -0.830. The van der Waals surface area contributed by atoms with Crippen LogP contribution in [-0.2, 0) is 23.8 Å². The van der Waals surface area contributed by atoms with Gasteiger partial charge < -0.3 is 25.1 Å². The molecule has 25 heavy (non-hydrogen) atoms. The second-order valence-electron chi connectivity index (χ2n) is 5.60. The van der Waals surface area contributed by atoms with Gasteiger partial charge in [0.25, 0.3) is 12.1 Å². The second-order valence-corrected chi connectivity index (χ2v) is 5.60. The number of aliphatic hydroxyl groups is 1. The van der Waals surface area contributed by atoms with Gasteiger partial charge in [-0.3, -0.25) is 14.4 Å². The second kappa shape index (κ2) is 8.54. The molecule has 0 bridgehead atoms. The van der Waals surface area contributed by atoms with Crippen molar-refractivity contribution in [2.75, 3.05) is 13.7 Å². The van der Waals surface area contributed by atoms with E-state index in [0.717, 1.165) is 0 Å². The third-order valence-electron chi connectivity index (χ3n) is 3.81. The van der Waals surface area contributed by atoms with Crippen LogP contribution in [0.15, 0.2) is 24.5 Å². The van der Waals surface area contributed by atoms with Crippen LogP contribution in [0.4, 0.5) is 0 Å². The molecule has 1 saturated heterocycles. The topological polar surface area (TPSA) is 129 Å². The number of amides is 1. The van der Waals surface area contributed by atoms with Crippen molar-refractivity contribution in [3.63, 3.8) is 0 Å². The van der Waals surface area contributed by atoms with Gasteiger partial charge in [0, 0.05) is 6.07 Å². The van der Waals surface area contributed by atoms with Crippen molar-refractivity contribution in [2.24, 2.45) is 5.73 Å². The SMILES string of the molecule is COC(=O)CCC(=O)OC[C@H]1O[C@@H]([n+]2cccc(C(N)=O)c2)C[C@@H]1O. The smallest absolute Gasteiger partial charge is 0.306 e. The van der Waals surface area contributed by atoms with Gasteiger partial charge in [-0.05, 0) is 6.07 Å². The molecule has 1 aliphatic heterocycles. The lowest BCUT2D eigenvalue weighted by atomic mass is 10.2. The van der Waals surface area contributed by atoms with Crippen LogP contribution in [0.1, 0.15) is 35.8 Å². The highest BCUT2D eigenvalue weighted by atomic mass is 16.6. The van der Waals surface area contributed by atoms with E-state index >= 15 is 0 Å². The van der Waals surface area contributed by atoms with Crippen molar-refractivity contribution in [2.45, 2.75) is 37.7 Å². The fraction of sp³-hybridized carbons (Fsp3) is 0.500. The zero-order chi connectivity index (χ0) is 18.4.